The molecule has 0 radical (unpaired) electrons. The second kappa shape index (κ2) is 5.55. The topological polar surface area (TPSA) is 25.8 Å². The summed E-state index contributed by atoms with van der Waals surface area (Å²) in [6.45, 7) is 4.03. The summed E-state index contributed by atoms with van der Waals surface area (Å²) in [5.41, 5.74) is 4.65. The van der Waals surface area contributed by atoms with Crippen LogP contribution in [-0.4, -0.2) is 9.97 Å². The minimum absolute atomic E-state index is 0.850. The molecule has 0 spiro atoms. The Balaban J connectivity index is 1.98. The van der Waals surface area contributed by atoms with Crippen LogP contribution >= 0.6 is 11.3 Å². The molecule has 20 heavy (non-hydrogen) atoms. The summed E-state index contributed by atoms with van der Waals surface area (Å²) in [5, 5.41) is 2.12. The molecule has 0 aliphatic heterocycles. The summed E-state index contributed by atoms with van der Waals surface area (Å²) in [5.74, 6) is 0.850. The van der Waals surface area contributed by atoms with E-state index in [-0.39, 0.29) is 0 Å². The third-order valence-corrected chi connectivity index (χ3v) is 4.12. The zero-order chi connectivity index (χ0) is 13.9. The standard InChI is InChI=1S/C17H16N2S/c1-12-10-13(2)19-17(18-12)16-15(8-9-20-16)11-14-6-4-3-5-7-14/h3-10H,11H2,1-2H3. The number of thiophene rings is 1. The summed E-state index contributed by atoms with van der Waals surface area (Å²) in [4.78, 5) is 10.3. The van der Waals surface area contributed by atoms with E-state index in [9.17, 15) is 0 Å². The quantitative estimate of drug-likeness (QED) is 0.710. The molecular weight excluding hydrogens is 264 g/mol. The van der Waals surface area contributed by atoms with Gasteiger partial charge in [0.1, 0.15) is 0 Å². The Labute approximate surface area is 123 Å². The lowest BCUT2D eigenvalue weighted by atomic mass is 10.1. The van der Waals surface area contributed by atoms with Gasteiger partial charge in [0, 0.05) is 11.4 Å². The van der Waals surface area contributed by atoms with Crippen LogP contribution in [0.4, 0.5) is 0 Å². The van der Waals surface area contributed by atoms with Gasteiger partial charge in [-0.2, -0.15) is 0 Å². The molecule has 0 aliphatic rings. The first-order valence-electron chi connectivity index (χ1n) is 6.65. The van der Waals surface area contributed by atoms with E-state index in [1.807, 2.05) is 26.0 Å². The second-order valence-corrected chi connectivity index (χ2v) is 5.83. The van der Waals surface area contributed by atoms with Crippen LogP contribution in [0.1, 0.15) is 22.5 Å². The molecule has 3 aromatic rings. The predicted octanol–water partition coefficient (Wildman–Crippen LogP) is 4.41. The van der Waals surface area contributed by atoms with E-state index in [0.29, 0.717) is 0 Å². The normalized spacial score (nSPS) is 10.7. The number of nitrogens with zero attached hydrogens (tertiary/aromatic N) is 2. The van der Waals surface area contributed by atoms with E-state index in [1.54, 1.807) is 11.3 Å². The van der Waals surface area contributed by atoms with Gasteiger partial charge in [-0.3, -0.25) is 0 Å². The molecule has 0 saturated carbocycles. The minimum Gasteiger partial charge on any atom is -0.233 e. The van der Waals surface area contributed by atoms with Crippen LogP contribution in [0.3, 0.4) is 0 Å². The Morgan fingerprint density at radius 2 is 1.65 bits per heavy atom. The first-order chi connectivity index (χ1) is 9.72. The van der Waals surface area contributed by atoms with Crippen molar-refractivity contribution < 1.29 is 0 Å². The van der Waals surface area contributed by atoms with Crippen molar-refractivity contribution in [3.05, 3.63) is 70.4 Å². The molecule has 3 rings (SSSR count). The molecule has 0 bridgehead atoms. The van der Waals surface area contributed by atoms with Gasteiger partial charge in [-0.15, -0.1) is 11.3 Å². The average Bonchev–Trinajstić information content (AvgIpc) is 2.87. The molecule has 0 atom stereocenters. The van der Waals surface area contributed by atoms with E-state index >= 15 is 0 Å². The van der Waals surface area contributed by atoms with Crippen LogP contribution in [0.5, 0.6) is 0 Å². The average molecular weight is 280 g/mol. The predicted molar refractivity (Wildman–Crippen MR) is 84.1 cm³/mol. The van der Waals surface area contributed by atoms with Crippen molar-refractivity contribution in [2.24, 2.45) is 0 Å². The van der Waals surface area contributed by atoms with Crippen LogP contribution < -0.4 is 0 Å². The SMILES string of the molecule is Cc1cc(C)nc(-c2sccc2Cc2ccccc2)n1. The van der Waals surface area contributed by atoms with Crippen molar-refractivity contribution in [2.45, 2.75) is 20.3 Å². The summed E-state index contributed by atoms with van der Waals surface area (Å²) in [6, 6.07) is 14.7. The van der Waals surface area contributed by atoms with Crippen molar-refractivity contribution in [1.29, 1.82) is 0 Å². The van der Waals surface area contributed by atoms with Crippen molar-refractivity contribution in [1.82, 2.24) is 9.97 Å². The van der Waals surface area contributed by atoms with Gasteiger partial charge >= 0.3 is 0 Å². The van der Waals surface area contributed by atoms with Gasteiger partial charge in [0.15, 0.2) is 5.82 Å². The number of hydrogen-bond donors (Lipinski definition) is 0. The zero-order valence-electron chi connectivity index (χ0n) is 11.6. The minimum atomic E-state index is 0.850. The summed E-state index contributed by atoms with van der Waals surface area (Å²) < 4.78 is 0. The Bertz CT molecular complexity index is 697. The third-order valence-electron chi connectivity index (χ3n) is 3.17. The van der Waals surface area contributed by atoms with Crippen molar-refractivity contribution in [3.63, 3.8) is 0 Å². The Morgan fingerprint density at radius 1 is 0.950 bits per heavy atom. The van der Waals surface area contributed by atoms with Crippen molar-refractivity contribution in [3.8, 4) is 10.7 Å². The lowest BCUT2D eigenvalue weighted by molar-refractivity contribution is 1.06. The van der Waals surface area contributed by atoms with Crippen LogP contribution in [0, 0.1) is 13.8 Å². The van der Waals surface area contributed by atoms with E-state index in [4.69, 9.17) is 0 Å². The summed E-state index contributed by atoms with van der Waals surface area (Å²) >= 11 is 1.71. The van der Waals surface area contributed by atoms with Crippen LogP contribution in [0.25, 0.3) is 10.7 Å². The Kier molecular flexibility index (Phi) is 3.61. The highest BCUT2D eigenvalue weighted by Crippen LogP contribution is 2.29. The number of hydrogen-bond acceptors (Lipinski definition) is 3. The molecular formula is C17H16N2S. The zero-order valence-corrected chi connectivity index (χ0v) is 12.4. The molecule has 0 saturated heterocycles. The van der Waals surface area contributed by atoms with Gasteiger partial charge in [-0.1, -0.05) is 30.3 Å². The monoisotopic (exact) mass is 280 g/mol. The van der Waals surface area contributed by atoms with Gasteiger partial charge in [0.2, 0.25) is 0 Å². The second-order valence-electron chi connectivity index (χ2n) is 4.91. The van der Waals surface area contributed by atoms with Crippen molar-refractivity contribution >= 4 is 11.3 Å². The summed E-state index contributed by atoms with van der Waals surface area (Å²) in [7, 11) is 0. The highest BCUT2D eigenvalue weighted by molar-refractivity contribution is 7.13. The highest BCUT2D eigenvalue weighted by Gasteiger charge is 2.11. The maximum Gasteiger partial charge on any atom is 0.170 e. The third kappa shape index (κ3) is 2.78. The number of aromatic nitrogens is 2. The molecule has 2 nitrogen and oxygen atoms in total. The highest BCUT2D eigenvalue weighted by atomic mass is 32.1. The number of aryl methyl sites for hydroxylation is 2. The molecule has 3 heteroatoms. The Morgan fingerprint density at radius 3 is 2.35 bits per heavy atom. The lowest BCUT2D eigenvalue weighted by Crippen LogP contribution is -1.95. The Hall–Kier alpha value is -2.00. The van der Waals surface area contributed by atoms with E-state index < -0.39 is 0 Å². The fraction of sp³-hybridized carbons (Fsp3) is 0.176. The van der Waals surface area contributed by atoms with Gasteiger partial charge in [0.05, 0.1) is 4.88 Å². The van der Waals surface area contributed by atoms with Crippen LogP contribution in [-0.2, 0) is 6.42 Å². The van der Waals surface area contributed by atoms with Gasteiger partial charge in [-0.25, -0.2) is 9.97 Å². The maximum absolute atomic E-state index is 4.58. The molecule has 0 fully saturated rings. The van der Waals surface area contributed by atoms with Crippen LogP contribution in [0.15, 0.2) is 47.8 Å². The maximum atomic E-state index is 4.58. The first-order valence-corrected chi connectivity index (χ1v) is 7.53. The largest absolute Gasteiger partial charge is 0.233 e. The molecule has 2 aromatic heterocycles. The van der Waals surface area contributed by atoms with Gasteiger partial charge < -0.3 is 0 Å². The molecule has 0 unspecified atom stereocenters. The fourth-order valence-corrected chi connectivity index (χ4v) is 3.17. The molecule has 0 amide bonds. The molecule has 2 heterocycles. The number of benzene rings is 1. The first kappa shape index (κ1) is 13.0. The van der Waals surface area contributed by atoms with E-state index in [2.05, 4.69) is 45.7 Å². The van der Waals surface area contributed by atoms with E-state index in [0.717, 1.165) is 23.6 Å². The van der Waals surface area contributed by atoms with Crippen LogP contribution in [0.2, 0.25) is 0 Å². The van der Waals surface area contributed by atoms with Crippen molar-refractivity contribution in [2.75, 3.05) is 0 Å². The lowest BCUT2D eigenvalue weighted by Gasteiger charge is -2.05. The van der Waals surface area contributed by atoms with Gasteiger partial charge in [-0.05, 0) is 48.9 Å². The van der Waals surface area contributed by atoms with E-state index in [1.165, 1.54) is 16.0 Å². The molecule has 0 aliphatic carbocycles. The number of rotatable bonds is 3. The fourth-order valence-electron chi connectivity index (χ4n) is 2.31. The molecule has 1 aromatic carbocycles. The summed E-state index contributed by atoms with van der Waals surface area (Å²) in [6.07, 6.45) is 0.927. The molecule has 0 N–H and O–H groups in total. The smallest absolute Gasteiger partial charge is 0.170 e. The van der Waals surface area contributed by atoms with Gasteiger partial charge in [0.25, 0.3) is 0 Å². The molecule has 100 valence electrons.